The van der Waals surface area contributed by atoms with Gasteiger partial charge >= 0.3 is 0 Å². The molecule has 0 N–H and O–H groups in total. The topological polar surface area (TPSA) is 25.8 Å². The van der Waals surface area contributed by atoms with Gasteiger partial charge in [0.05, 0.1) is 6.07 Å². The molecule has 0 spiro atoms. The quantitative estimate of drug-likeness (QED) is 0.431. The van der Waals surface area contributed by atoms with E-state index in [4.69, 9.17) is 0 Å². The molecule has 7 heavy (non-hydrogen) atoms. The third kappa shape index (κ3) is 0.924. The van der Waals surface area contributed by atoms with Crippen LogP contribution in [0.4, 0.5) is 4.39 Å². The molecule has 0 atom stereocenters. The van der Waals surface area contributed by atoms with E-state index in [9.17, 15) is 4.39 Å². The van der Waals surface area contributed by atoms with Gasteiger partial charge in [0.25, 0.3) is 0 Å². The molecule has 2 nitrogen and oxygen atoms in total. The van der Waals surface area contributed by atoms with Gasteiger partial charge in [0, 0.05) is 6.20 Å². The molecule has 0 bridgehead atoms. The van der Waals surface area contributed by atoms with Crippen molar-refractivity contribution in [3.05, 3.63) is 24.5 Å². The normalized spacial score (nSPS) is 8.71. The van der Waals surface area contributed by atoms with Crippen molar-refractivity contribution < 1.29 is 4.39 Å². The van der Waals surface area contributed by atoms with Crippen molar-refractivity contribution in [3.8, 4) is 0 Å². The molecule has 0 unspecified atom stereocenters. The molecule has 1 aromatic heterocycles. The Morgan fingerprint density at radius 1 is 1.71 bits per heavy atom. The highest BCUT2D eigenvalue weighted by Gasteiger charge is 1.81. The van der Waals surface area contributed by atoms with Crippen LogP contribution in [0.2, 0.25) is 0 Å². The fourth-order valence-electron chi connectivity index (χ4n) is 0.219. The van der Waals surface area contributed by atoms with Gasteiger partial charge in [-0.25, -0.2) is 4.98 Å². The fraction of sp³-hybridized carbons (Fsp3) is 0. The van der Waals surface area contributed by atoms with Gasteiger partial charge < -0.3 is 0 Å². The number of hydrogen-bond donors (Lipinski definition) is 0. The summed E-state index contributed by atoms with van der Waals surface area (Å²) in [6.45, 7) is 0. The second-order valence-electron chi connectivity index (χ2n) is 0.905. The van der Waals surface area contributed by atoms with Gasteiger partial charge in [0.1, 0.15) is 0 Å². The SMILES string of the molecule is Fc1[c]cn[c]n1. The molecule has 1 rings (SSSR count). The van der Waals surface area contributed by atoms with E-state index in [1.165, 1.54) is 6.20 Å². The first-order chi connectivity index (χ1) is 3.39. The fourth-order valence-corrected chi connectivity index (χ4v) is 0.219. The van der Waals surface area contributed by atoms with Gasteiger partial charge in [0.2, 0.25) is 5.95 Å². The van der Waals surface area contributed by atoms with E-state index < -0.39 is 5.95 Å². The molecule has 1 heterocycles. The summed E-state index contributed by atoms with van der Waals surface area (Å²) < 4.78 is 11.7. The minimum atomic E-state index is -0.671. The van der Waals surface area contributed by atoms with E-state index in [-0.39, 0.29) is 0 Å². The van der Waals surface area contributed by atoms with Gasteiger partial charge in [-0.3, -0.25) is 0 Å². The van der Waals surface area contributed by atoms with Crippen molar-refractivity contribution in [1.82, 2.24) is 9.97 Å². The van der Waals surface area contributed by atoms with Crippen molar-refractivity contribution in [1.29, 1.82) is 0 Å². The van der Waals surface area contributed by atoms with E-state index >= 15 is 0 Å². The van der Waals surface area contributed by atoms with E-state index in [1.807, 2.05) is 0 Å². The summed E-state index contributed by atoms with van der Waals surface area (Å²) in [4.78, 5) is 6.33. The molecule has 3 heteroatoms. The second-order valence-corrected chi connectivity index (χ2v) is 0.905. The Kier molecular flexibility index (Phi) is 0.978. The Hall–Kier alpha value is -0.990. The number of nitrogens with zero attached hydrogens (tertiary/aromatic N) is 2. The maximum Gasteiger partial charge on any atom is 0.224 e. The van der Waals surface area contributed by atoms with Gasteiger partial charge in [0.15, 0.2) is 6.33 Å². The summed E-state index contributed by atoms with van der Waals surface area (Å²) >= 11 is 0. The molecule has 0 fully saturated rings. The van der Waals surface area contributed by atoms with Crippen molar-refractivity contribution in [2.45, 2.75) is 0 Å². The van der Waals surface area contributed by atoms with E-state index in [2.05, 4.69) is 22.4 Å². The van der Waals surface area contributed by atoms with Crippen LogP contribution in [0.15, 0.2) is 6.20 Å². The molecule has 2 radical (unpaired) electrons. The van der Waals surface area contributed by atoms with E-state index in [1.54, 1.807) is 0 Å². The zero-order valence-electron chi connectivity index (χ0n) is 3.35. The predicted octanol–water partition coefficient (Wildman–Crippen LogP) is 0.216. The lowest BCUT2D eigenvalue weighted by atomic mass is 10.7. The maximum absolute atomic E-state index is 11.7. The maximum atomic E-state index is 11.7. The summed E-state index contributed by atoms with van der Waals surface area (Å²) in [6.07, 6.45) is 3.22. The number of hydrogen-bond acceptors (Lipinski definition) is 2. The van der Waals surface area contributed by atoms with Crippen molar-refractivity contribution >= 4 is 0 Å². The standard InChI is InChI=1S/C4HFN2/c5-4-1-2-6-3-7-4/h2H. The van der Waals surface area contributed by atoms with Crippen molar-refractivity contribution in [3.63, 3.8) is 0 Å². The van der Waals surface area contributed by atoms with Crippen molar-refractivity contribution in [2.75, 3.05) is 0 Å². The van der Waals surface area contributed by atoms with Gasteiger partial charge in [-0.15, -0.1) is 0 Å². The average molecular weight is 96.1 g/mol. The Labute approximate surface area is 40.0 Å². The Bertz CT molecular complexity index is 140. The van der Waals surface area contributed by atoms with Crippen LogP contribution in [0.1, 0.15) is 0 Å². The highest BCUT2D eigenvalue weighted by atomic mass is 19.1. The number of halogens is 1. The van der Waals surface area contributed by atoms with Gasteiger partial charge in [-0.1, -0.05) is 0 Å². The molecule has 0 aliphatic rings. The Morgan fingerprint density at radius 3 is 2.86 bits per heavy atom. The van der Waals surface area contributed by atoms with Crippen LogP contribution in [0.25, 0.3) is 0 Å². The highest BCUT2D eigenvalue weighted by molar-refractivity contribution is 4.75. The van der Waals surface area contributed by atoms with Gasteiger partial charge in [-0.2, -0.15) is 9.37 Å². The molecule has 0 aliphatic heterocycles. The Morgan fingerprint density at radius 2 is 2.57 bits per heavy atom. The summed E-state index contributed by atoms with van der Waals surface area (Å²) in [5, 5.41) is 0. The first-order valence-corrected chi connectivity index (χ1v) is 1.66. The van der Waals surface area contributed by atoms with Crippen LogP contribution in [-0.2, 0) is 0 Å². The zero-order chi connectivity index (χ0) is 5.11. The first kappa shape index (κ1) is 4.18. The summed E-state index contributed by atoms with van der Waals surface area (Å²) in [5.41, 5.74) is 0. The zero-order valence-corrected chi connectivity index (χ0v) is 3.35. The molecule has 1 aromatic rings. The molecule has 0 saturated carbocycles. The second kappa shape index (κ2) is 1.64. The third-order valence-electron chi connectivity index (χ3n) is 0.454. The van der Waals surface area contributed by atoms with E-state index in [0.717, 1.165) is 0 Å². The molecule has 0 aliphatic carbocycles. The summed E-state index contributed by atoms with van der Waals surface area (Å²) in [6, 6.07) is 2.11. The molecule has 0 aromatic carbocycles. The van der Waals surface area contributed by atoms with Crippen LogP contribution in [0, 0.1) is 18.3 Å². The smallest absolute Gasteiger partial charge is 0.224 e. The number of rotatable bonds is 0. The lowest BCUT2D eigenvalue weighted by Crippen LogP contribution is -1.80. The lowest BCUT2D eigenvalue weighted by Gasteiger charge is -1.75. The number of aromatic nitrogens is 2. The Balaban J connectivity index is 3.02. The van der Waals surface area contributed by atoms with Crippen LogP contribution < -0.4 is 0 Å². The minimum absolute atomic E-state index is 0.671. The first-order valence-electron chi connectivity index (χ1n) is 1.66. The molecule has 0 amide bonds. The van der Waals surface area contributed by atoms with E-state index in [0.29, 0.717) is 0 Å². The largest absolute Gasteiger partial charge is 0.233 e. The molecule has 0 saturated heterocycles. The van der Waals surface area contributed by atoms with Crippen LogP contribution in [0.3, 0.4) is 0 Å². The van der Waals surface area contributed by atoms with Crippen LogP contribution in [-0.4, -0.2) is 9.97 Å². The van der Waals surface area contributed by atoms with Crippen LogP contribution >= 0.6 is 0 Å². The monoisotopic (exact) mass is 96.0 g/mol. The molecular formula is C4HFN2. The molecular weight excluding hydrogens is 95.1 g/mol. The van der Waals surface area contributed by atoms with Gasteiger partial charge in [-0.05, 0) is 0 Å². The highest BCUT2D eigenvalue weighted by Crippen LogP contribution is 1.80. The van der Waals surface area contributed by atoms with Crippen molar-refractivity contribution in [2.24, 2.45) is 0 Å². The lowest BCUT2D eigenvalue weighted by molar-refractivity contribution is 0.575. The van der Waals surface area contributed by atoms with Crippen LogP contribution in [0.5, 0.6) is 0 Å². The summed E-state index contributed by atoms with van der Waals surface area (Å²) in [5.74, 6) is -0.671. The third-order valence-corrected chi connectivity index (χ3v) is 0.454. The molecule has 34 valence electrons. The summed E-state index contributed by atoms with van der Waals surface area (Å²) in [7, 11) is 0. The minimum Gasteiger partial charge on any atom is -0.233 e. The predicted molar refractivity (Wildman–Crippen MR) is 19.7 cm³/mol. The average Bonchev–Trinajstić information content (AvgIpc) is 1.69.